The van der Waals surface area contributed by atoms with Gasteiger partial charge in [-0.25, -0.2) is 4.90 Å². The van der Waals surface area contributed by atoms with Gasteiger partial charge in [0.25, 0.3) is 6.17 Å². The molecule has 0 spiro atoms. The van der Waals surface area contributed by atoms with E-state index in [1.165, 1.54) is 18.7 Å². The first kappa shape index (κ1) is 19.1. The van der Waals surface area contributed by atoms with Crippen molar-refractivity contribution < 1.29 is 9.48 Å². The molecule has 1 atom stereocenters. The predicted octanol–water partition coefficient (Wildman–Crippen LogP) is 3.41. The molecule has 6 nitrogen and oxygen atoms in total. The van der Waals surface area contributed by atoms with Crippen LogP contribution in [-0.4, -0.2) is 21.7 Å². The van der Waals surface area contributed by atoms with Crippen LogP contribution in [0.2, 0.25) is 0 Å². The molecule has 4 rings (SSSR count). The highest BCUT2D eigenvalue weighted by Crippen LogP contribution is 2.35. The number of anilines is 1. The quantitative estimate of drug-likeness (QED) is 0.533. The zero-order valence-electron chi connectivity index (χ0n) is 16.2. The van der Waals surface area contributed by atoms with Crippen LogP contribution in [0, 0.1) is 0 Å². The van der Waals surface area contributed by atoms with Crippen LogP contribution < -0.4 is 15.1 Å². The highest BCUT2D eigenvalue weighted by Gasteiger charge is 2.42. The van der Waals surface area contributed by atoms with E-state index in [0.717, 1.165) is 11.3 Å². The zero-order valence-corrected chi connectivity index (χ0v) is 17.0. The molecule has 2 heterocycles. The number of nitrogens with one attached hydrogen (secondary N) is 1. The average Bonchev–Trinajstić information content (AvgIpc) is 2.72. The van der Waals surface area contributed by atoms with Crippen LogP contribution in [0.3, 0.4) is 0 Å². The summed E-state index contributed by atoms with van der Waals surface area (Å²) in [7, 11) is 0. The smallest absolute Gasteiger partial charge is 0.291 e. The van der Waals surface area contributed by atoms with Crippen molar-refractivity contribution in [3.05, 3.63) is 76.6 Å². The minimum absolute atomic E-state index is 0.120. The molecular weight excluding hydrogens is 384 g/mol. The maximum absolute atomic E-state index is 13.0. The molecule has 1 aliphatic heterocycles. The lowest BCUT2D eigenvalue weighted by Crippen LogP contribution is -2.59. The Balaban J connectivity index is 1.95. The molecule has 1 unspecified atom stereocenters. The van der Waals surface area contributed by atoms with E-state index in [9.17, 15) is 9.59 Å². The van der Waals surface area contributed by atoms with Crippen LogP contribution >= 0.6 is 11.8 Å². The van der Waals surface area contributed by atoms with E-state index >= 15 is 0 Å². The van der Waals surface area contributed by atoms with E-state index in [2.05, 4.69) is 10.1 Å². The lowest BCUT2D eigenvalue weighted by molar-refractivity contribution is -0.761. The van der Waals surface area contributed by atoms with Crippen LogP contribution in [-0.2, 0) is 4.79 Å². The fraction of sp³-hybridized carbons (Fsp3) is 0.182. The number of nitrogens with zero attached hydrogens (tertiary/aromatic N) is 3. The molecule has 1 aromatic heterocycles. The van der Waals surface area contributed by atoms with Gasteiger partial charge in [0.05, 0.1) is 11.3 Å². The summed E-state index contributed by atoms with van der Waals surface area (Å²) in [4.78, 5) is 30.1. The maximum atomic E-state index is 13.0. The van der Waals surface area contributed by atoms with Crippen molar-refractivity contribution >= 4 is 29.4 Å². The Kier molecular flexibility index (Phi) is 5.31. The minimum atomic E-state index is -0.545. The fourth-order valence-corrected chi connectivity index (χ4v) is 4.08. The van der Waals surface area contributed by atoms with Crippen molar-refractivity contribution in [2.24, 2.45) is 0 Å². The van der Waals surface area contributed by atoms with E-state index in [1.54, 1.807) is 9.58 Å². The molecule has 0 saturated carbocycles. The summed E-state index contributed by atoms with van der Waals surface area (Å²) in [5.41, 5.74) is 2.62. The van der Waals surface area contributed by atoms with Crippen molar-refractivity contribution in [2.75, 3.05) is 10.7 Å². The van der Waals surface area contributed by atoms with Gasteiger partial charge in [0, 0.05) is 18.1 Å². The normalized spacial score (nSPS) is 15.2. The summed E-state index contributed by atoms with van der Waals surface area (Å²) in [6, 6.07) is 17.3. The molecule has 1 amide bonds. The number of carbonyl (C=O) groups excluding carboxylic acids is 1. The number of rotatable bonds is 4. The van der Waals surface area contributed by atoms with E-state index in [1.807, 2.05) is 73.7 Å². The zero-order chi connectivity index (χ0) is 20.4. The molecule has 146 valence electrons. The number of thioether (sulfide) groups is 1. The summed E-state index contributed by atoms with van der Waals surface area (Å²) in [6.45, 7) is 3.53. The number of hydrogen-bond donors (Lipinski definition) is 1. The van der Waals surface area contributed by atoms with Crippen molar-refractivity contribution in [3.63, 3.8) is 0 Å². The Morgan fingerprint density at radius 1 is 1.21 bits per heavy atom. The van der Waals surface area contributed by atoms with Crippen LogP contribution in [0.4, 0.5) is 5.69 Å². The highest BCUT2D eigenvalue weighted by molar-refractivity contribution is 7.99. The minimum Gasteiger partial charge on any atom is -0.291 e. The molecule has 7 heteroatoms. The molecule has 2 aromatic carbocycles. The topological polar surface area (TPSA) is 69.9 Å². The number of aromatic nitrogens is 3. The Hall–Kier alpha value is -3.19. The largest absolute Gasteiger partial charge is 0.325 e. The Bertz CT molecular complexity index is 1140. The van der Waals surface area contributed by atoms with Gasteiger partial charge in [0.1, 0.15) is 0 Å². The second-order valence-corrected chi connectivity index (χ2v) is 7.83. The number of H-pyrrole nitrogens is 1. The summed E-state index contributed by atoms with van der Waals surface area (Å²) in [5, 5.41) is 5.20. The van der Waals surface area contributed by atoms with Crippen molar-refractivity contribution in [1.82, 2.24) is 10.1 Å². The van der Waals surface area contributed by atoms with Gasteiger partial charge in [-0.05, 0) is 28.1 Å². The first-order valence-electron chi connectivity index (χ1n) is 9.41. The second-order valence-electron chi connectivity index (χ2n) is 6.58. The van der Waals surface area contributed by atoms with Gasteiger partial charge >= 0.3 is 11.3 Å². The number of benzene rings is 2. The van der Waals surface area contributed by atoms with Crippen LogP contribution in [0.1, 0.15) is 25.6 Å². The fourth-order valence-electron chi connectivity index (χ4n) is 3.49. The maximum Gasteiger partial charge on any atom is 0.325 e. The van der Waals surface area contributed by atoms with Crippen LogP contribution in [0.5, 0.6) is 0 Å². The number of para-hydroxylation sites is 1. The average molecular weight is 406 g/mol. The van der Waals surface area contributed by atoms with Crippen LogP contribution in [0.15, 0.2) is 70.6 Å². The lowest BCUT2D eigenvalue weighted by atomic mass is 10.0. The lowest BCUT2D eigenvalue weighted by Gasteiger charge is -2.29. The number of aromatic amines is 1. The molecule has 0 saturated heterocycles. The summed E-state index contributed by atoms with van der Waals surface area (Å²) < 4.78 is 1.65. The van der Waals surface area contributed by atoms with E-state index in [4.69, 9.17) is 0 Å². The summed E-state index contributed by atoms with van der Waals surface area (Å²) in [5.74, 6) is 0.657. The number of fused-ring (bicyclic) bond motifs is 3. The van der Waals surface area contributed by atoms with Gasteiger partial charge in [-0.3, -0.25) is 14.6 Å². The second kappa shape index (κ2) is 8.05. The van der Waals surface area contributed by atoms with Gasteiger partial charge < -0.3 is 0 Å². The van der Waals surface area contributed by atoms with Crippen molar-refractivity contribution in [3.8, 4) is 11.3 Å². The summed E-state index contributed by atoms with van der Waals surface area (Å²) in [6.07, 6.45) is 3.31. The molecule has 0 bridgehead atoms. The highest BCUT2D eigenvalue weighted by atomic mass is 32.2. The van der Waals surface area contributed by atoms with Crippen LogP contribution in [0.25, 0.3) is 17.3 Å². The van der Waals surface area contributed by atoms with E-state index < -0.39 is 6.17 Å². The summed E-state index contributed by atoms with van der Waals surface area (Å²) >= 11 is 1.45. The Morgan fingerprint density at radius 3 is 2.66 bits per heavy atom. The molecule has 3 aromatic rings. The molecule has 0 aliphatic carbocycles. The van der Waals surface area contributed by atoms with E-state index in [0.29, 0.717) is 22.1 Å². The number of hydrogen-bond acceptors (Lipinski definition) is 4. The van der Waals surface area contributed by atoms with Gasteiger partial charge in [0.15, 0.2) is 0 Å². The standard InChI is InChI=1S/C22H20N4O2S/c1-3-29-22-23-21(28)20-17-11-7-8-12-18(17)25(15(2)27)19(26(20)24-22)14-13-16-9-5-4-6-10-16/h4-14,19H,3H2,1-2H3/p+1/b14-13+. The first-order chi connectivity index (χ1) is 14.1. The predicted molar refractivity (Wildman–Crippen MR) is 115 cm³/mol. The third kappa shape index (κ3) is 3.61. The first-order valence-corrected chi connectivity index (χ1v) is 10.4. The third-order valence-electron chi connectivity index (χ3n) is 4.68. The third-order valence-corrected chi connectivity index (χ3v) is 5.42. The molecular formula is C22H21N4O2S+. The Morgan fingerprint density at radius 2 is 1.93 bits per heavy atom. The molecule has 29 heavy (non-hydrogen) atoms. The SMILES string of the molecule is CCSc1n[n+]2c(c(=O)[nH]1)-c1ccccc1N(C(C)=O)C2/C=C/c1ccccc1. The van der Waals surface area contributed by atoms with Gasteiger partial charge in [0.2, 0.25) is 11.1 Å². The molecule has 0 fully saturated rings. The van der Waals surface area contributed by atoms with Gasteiger partial charge in [-0.15, -0.1) is 0 Å². The van der Waals surface area contributed by atoms with Gasteiger partial charge in [-0.2, -0.15) is 0 Å². The van der Waals surface area contributed by atoms with E-state index in [-0.39, 0.29) is 11.5 Å². The number of carbonyl (C=O) groups is 1. The van der Waals surface area contributed by atoms with Crippen molar-refractivity contribution in [1.29, 1.82) is 0 Å². The molecule has 1 aliphatic rings. The van der Waals surface area contributed by atoms with Gasteiger partial charge in [-0.1, -0.05) is 67.2 Å². The Labute approximate surface area is 172 Å². The number of amides is 1. The molecule has 1 N–H and O–H groups in total. The monoisotopic (exact) mass is 405 g/mol. The molecule has 0 radical (unpaired) electrons. The van der Waals surface area contributed by atoms with Crippen molar-refractivity contribution in [2.45, 2.75) is 25.2 Å².